The van der Waals surface area contributed by atoms with Crippen LogP contribution in [0.15, 0.2) is 28.9 Å². The van der Waals surface area contributed by atoms with Crippen molar-refractivity contribution in [2.45, 2.75) is 121 Å². The second-order valence-electron chi connectivity index (χ2n) is 10.6. The van der Waals surface area contributed by atoms with E-state index < -0.39 is 8.32 Å². The van der Waals surface area contributed by atoms with Crippen LogP contribution in [-0.4, -0.2) is 61.5 Å². The van der Waals surface area contributed by atoms with Gasteiger partial charge in [-0.1, -0.05) is 79.2 Å². The molecule has 0 aromatic heterocycles. The molecule has 3 heterocycles. The fraction of sp³-hybridized carbons (Fsp3) is 0.846. The first kappa shape index (κ1) is 29.1. The minimum Gasteiger partial charge on any atom is -0.408 e. The molecule has 0 aromatic carbocycles. The lowest BCUT2D eigenvalue weighted by Gasteiger charge is -2.44. The van der Waals surface area contributed by atoms with E-state index >= 15 is 0 Å². The maximum atomic E-state index is 8.78. The lowest BCUT2D eigenvalue weighted by molar-refractivity contribution is -0.118. The Bertz CT molecular complexity index is 802. The van der Waals surface area contributed by atoms with Crippen molar-refractivity contribution in [3.63, 3.8) is 0 Å². The summed E-state index contributed by atoms with van der Waals surface area (Å²) in [4.78, 5) is 2.98. The zero-order valence-corrected chi connectivity index (χ0v) is 25.4. The molecule has 0 unspecified atom stereocenters. The molecule has 1 spiro atoms. The van der Waals surface area contributed by atoms with E-state index in [1.54, 1.807) is 0 Å². The van der Waals surface area contributed by atoms with Crippen LogP contribution in [0, 0.1) is 5.92 Å². The molecule has 7 nitrogen and oxygen atoms in total. The van der Waals surface area contributed by atoms with Gasteiger partial charge in [0.15, 0.2) is 8.32 Å². The summed E-state index contributed by atoms with van der Waals surface area (Å²) in [5.41, 5.74) is 9.80. The molecule has 0 bridgehead atoms. The van der Waals surface area contributed by atoms with E-state index in [4.69, 9.17) is 24.2 Å². The lowest BCUT2D eigenvalue weighted by Crippen LogP contribution is -2.56. The van der Waals surface area contributed by atoms with Crippen molar-refractivity contribution in [2.24, 2.45) is 11.0 Å². The summed E-state index contributed by atoms with van der Waals surface area (Å²) in [5.74, 6) is 0.348. The van der Waals surface area contributed by atoms with Gasteiger partial charge in [-0.25, -0.2) is 0 Å². The van der Waals surface area contributed by atoms with E-state index in [-0.39, 0.29) is 42.2 Å². The molecule has 35 heavy (non-hydrogen) atoms. The van der Waals surface area contributed by atoms with Crippen molar-refractivity contribution in [1.82, 2.24) is 0 Å². The number of rotatable bonds is 11. The van der Waals surface area contributed by atoms with Gasteiger partial charge in [-0.05, 0) is 56.3 Å². The quantitative estimate of drug-likeness (QED) is 0.0361. The fourth-order valence-corrected chi connectivity index (χ4v) is 8.94. The van der Waals surface area contributed by atoms with Gasteiger partial charge in [0.1, 0.15) is 17.8 Å². The number of azide groups is 1. The summed E-state index contributed by atoms with van der Waals surface area (Å²) in [6, 6.07) is 3.28. The van der Waals surface area contributed by atoms with Gasteiger partial charge in [-0.2, -0.15) is 0 Å². The van der Waals surface area contributed by atoms with Crippen molar-refractivity contribution in [3.05, 3.63) is 34.2 Å². The normalized spacial score (nSPS) is 38.0. The third-order valence-corrected chi connectivity index (χ3v) is 13.9. The number of allylic oxidation sites excluding steroid dienone is 2. The number of hydrogen-bond acceptors (Lipinski definition) is 5. The van der Waals surface area contributed by atoms with Gasteiger partial charge in [-0.15, -0.1) is 0 Å². The molecule has 0 aliphatic carbocycles. The van der Waals surface area contributed by atoms with E-state index in [0.717, 1.165) is 48.4 Å². The molecule has 0 saturated carbocycles. The molecule has 3 aliphatic heterocycles. The van der Waals surface area contributed by atoms with Crippen LogP contribution in [-0.2, 0) is 18.6 Å². The first-order chi connectivity index (χ1) is 16.7. The second-order valence-corrected chi connectivity index (χ2v) is 16.2. The van der Waals surface area contributed by atoms with E-state index in [2.05, 4.69) is 85.5 Å². The zero-order chi connectivity index (χ0) is 25.6. The number of hydrogen-bond donors (Lipinski definition) is 0. The average Bonchev–Trinajstić information content (AvgIpc) is 3.63. The van der Waals surface area contributed by atoms with E-state index in [9.17, 15) is 0 Å². The molecule has 3 rings (SSSR count). The molecular weight excluding hydrogens is 573 g/mol. The Labute approximate surface area is 226 Å². The number of alkyl halides is 1. The lowest BCUT2D eigenvalue weighted by atomic mass is 9.88. The molecule has 8 atom stereocenters. The van der Waals surface area contributed by atoms with E-state index in [0.29, 0.717) is 5.92 Å². The second kappa shape index (κ2) is 12.9. The first-order valence-electron chi connectivity index (χ1n) is 13.3. The molecular formula is C26H44IN3O4Si. The van der Waals surface area contributed by atoms with E-state index in [1.807, 2.05) is 6.92 Å². The van der Waals surface area contributed by atoms with Crippen LogP contribution >= 0.6 is 22.6 Å². The van der Waals surface area contributed by atoms with Crippen molar-refractivity contribution >= 4 is 30.9 Å². The van der Waals surface area contributed by atoms with Gasteiger partial charge in [-0.3, -0.25) is 0 Å². The van der Waals surface area contributed by atoms with Gasteiger partial charge in [0.2, 0.25) is 0 Å². The predicted molar refractivity (Wildman–Crippen MR) is 151 cm³/mol. The van der Waals surface area contributed by atoms with Crippen molar-refractivity contribution in [1.29, 1.82) is 0 Å². The van der Waals surface area contributed by atoms with Gasteiger partial charge in [0.25, 0.3) is 0 Å². The molecule has 0 N–H and O–H groups in total. The third-order valence-electron chi connectivity index (χ3n) is 8.34. The summed E-state index contributed by atoms with van der Waals surface area (Å²) >= 11 is 2.42. The molecule has 3 fully saturated rings. The van der Waals surface area contributed by atoms with Crippen LogP contribution in [0.5, 0.6) is 0 Å². The number of halogens is 1. The Balaban J connectivity index is 1.70. The zero-order valence-electron chi connectivity index (χ0n) is 22.3. The summed E-state index contributed by atoms with van der Waals surface area (Å²) in [6.07, 6.45) is 9.42. The maximum Gasteiger partial charge on any atom is 0.192 e. The predicted octanol–water partition coefficient (Wildman–Crippen LogP) is 7.12. The van der Waals surface area contributed by atoms with Gasteiger partial charge < -0.3 is 18.6 Å². The van der Waals surface area contributed by atoms with Gasteiger partial charge >= 0.3 is 0 Å². The van der Waals surface area contributed by atoms with Gasteiger partial charge in [0, 0.05) is 15.8 Å². The highest BCUT2D eigenvalue weighted by atomic mass is 127. The SMILES string of the molecule is CC[Si](CC)(CC)O[C@@H]1[C@@H](/C=C/C(C)=C/C[C@@H]2O[C@H](C)[C@H](N=[N+]=[N-])C[C@@H]2C)O[C@@H](CI)C[C@@]12CO2. The summed E-state index contributed by atoms with van der Waals surface area (Å²) in [5, 5.41) is 3.90. The van der Waals surface area contributed by atoms with Gasteiger partial charge in [0.05, 0.1) is 31.0 Å². The molecule has 198 valence electrons. The molecule has 0 amide bonds. The van der Waals surface area contributed by atoms with E-state index in [1.165, 1.54) is 5.57 Å². The summed E-state index contributed by atoms with van der Waals surface area (Å²) in [6.45, 7) is 13.9. The molecule has 9 heteroatoms. The summed E-state index contributed by atoms with van der Waals surface area (Å²) in [7, 11) is -1.80. The van der Waals surface area contributed by atoms with Crippen LogP contribution in [0.3, 0.4) is 0 Å². The highest BCUT2D eigenvalue weighted by Gasteiger charge is 2.60. The standard InChI is InChI=1S/C26H44IN3O4Si/c1-7-35(8-2,9-3)34-25-24(33-21(16-27)15-26(25)17-31-26)13-11-18(4)10-12-23-19(5)14-22(29-30-28)20(6)32-23/h10-11,13,19-25H,7-9,12,14-17H2,1-6H3/b13-11+,18-10+/t19-,20+,21+,22+,23-,24+,25+,26+/m0/s1. The Kier molecular flexibility index (Phi) is 10.7. The fourth-order valence-electron chi connectivity index (χ4n) is 5.54. The molecule has 0 aromatic rings. The monoisotopic (exact) mass is 617 g/mol. The molecule has 3 saturated heterocycles. The average molecular weight is 618 g/mol. The van der Waals surface area contributed by atoms with Crippen molar-refractivity contribution in [2.75, 3.05) is 11.0 Å². The number of nitrogens with zero attached hydrogens (tertiary/aromatic N) is 3. The minimum atomic E-state index is -1.80. The first-order valence-corrected chi connectivity index (χ1v) is 17.4. The van der Waals surface area contributed by atoms with Crippen LogP contribution in [0.25, 0.3) is 10.4 Å². The highest BCUT2D eigenvalue weighted by Crippen LogP contribution is 2.46. The van der Waals surface area contributed by atoms with Crippen LogP contribution in [0.4, 0.5) is 0 Å². The topological polar surface area (TPSA) is 89.0 Å². The maximum absolute atomic E-state index is 8.78. The third kappa shape index (κ3) is 7.12. The van der Waals surface area contributed by atoms with Crippen LogP contribution in [0.1, 0.15) is 60.8 Å². The Morgan fingerprint density at radius 3 is 2.49 bits per heavy atom. The highest BCUT2D eigenvalue weighted by molar-refractivity contribution is 14.1. The number of epoxide rings is 1. The molecule has 0 radical (unpaired) electrons. The summed E-state index contributed by atoms with van der Waals surface area (Å²) < 4.78 is 26.8. The largest absolute Gasteiger partial charge is 0.408 e. The van der Waals surface area contributed by atoms with Crippen molar-refractivity contribution < 1.29 is 18.6 Å². The van der Waals surface area contributed by atoms with Crippen LogP contribution < -0.4 is 0 Å². The van der Waals surface area contributed by atoms with Crippen LogP contribution in [0.2, 0.25) is 18.1 Å². The molecule has 3 aliphatic rings. The Morgan fingerprint density at radius 1 is 1.23 bits per heavy atom. The smallest absolute Gasteiger partial charge is 0.192 e. The van der Waals surface area contributed by atoms with Crippen molar-refractivity contribution in [3.8, 4) is 0 Å². The Hall–Kier alpha value is -0.423. The minimum absolute atomic E-state index is 0.0301. The number of ether oxygens (including phenoxy) is 3. The Morgan fingerprint density at radius 2 is 1.91 bits per heavy atom.